The standard InChI is InChI=1S/C33H52O3/c1-4-6-8-10-12-14-16-22-29-24-18-20-26-31(29)35-33(28(3)34)36-32-27-21-19-25-30(32)23-17-15-13-11-9-7-5-2/h18-21,24-28,33-34H,4-17,22-23H2,1-3H3. The minimum atomic E-state index is -0.747. The molecular formula is C33H52O3. The number of aliphatic hydroxyl groups is 1. The fourth-order valence-electron chi connectivity index (χ4n) is 4.67. The van der Waals surface area contributed by atoms with Crippen LogP contribution in [-0.4, -0.2) is 17.5 Å². The molecule has 0 heterocycles. The molecule has 0 spiro atoms. The zero-order valence-corrected chi connectivity index (χ0v) is 23.4. The number of ether oxygens (including phenoxy) is 2. The van der Waals surface area contributed by atoms with Crippen molar-refractivity contribution >= 4 is 0 Å². The lowest BCUT2D eigenvalue weighted by Crippen LogP contribution is -2.35. The Balaban J connectivity index is 1.90. The first-order valence-corrected chi connectivity index (χ1v) is 14.8. The van der Waals surface area contributed by atoms with E-state index in [1.165, 1.54) is 88.2 Å². The van der Waals surface area contributed by atoms with E-state index in [9.17, 15) is 5.11 Å². The lowest BCUT2D eigenvalue weighted by molar-refractivity contribution is -0.0786. The number of hydrogen-bond donors (Lipinski definition) is 1. The molecular weight excluding hydrogens is 444 g/mol. The summed E-state index contributed by atoms with van der Waals surface area (Å²) in [6.07, 6.45) is 18.6. The van der Waals surface area contributed by atoms with Gasteiger partial charge in [-0.2, -0.15) is 0 Å². The van der Waals surface area contributed by atoms with Gasteiger partial charge in [-0.15, -0.1) is 0 Å². The SMILES string of the molecule is CCCCCCCCCc1ccccc1OC(Oc1ccccc1CCCCCCCCC)C(C)O. The van der Waals surface area contributed by atoms with Crippen LogP contribution in [0.3, 0.4) is 0 Å². The van der Waals surface area contributed by atoms with E-state index in [1.54, 1.807) is 6.92 Å². The van der Waals surface area contributed by atoms with Crippen molar-refractivity contribution in [3.63, 3.8) is 0 Å². The number of rotatable bonds is 21. The molecule has 0 radical (unpaired) electrons. The summed E-state index contributed by atoms with van der Waals surface area (Å²) in [5.74, 6) is 1.64. The van der Waals surface area contributed by atoms with E-state index >= 15 is 0 Å². The second-order valence-corrected chi connectivity index (χ2v) is 10.3. The molecule has 3 heteroatoms. The summed E-state index contributed by atoms with van der Waals surface area (Å²) < 4.78 is 12.6. The molecule has 1 unspecified atom stereocenters. The van der Waals surface area contributed by atoms with Gasteiger partial charge in [-0.05, 0) is 55.9 Å². The van der Waals surface area contributed by atoms with E-state index in [0.717, 1.165) is 37.2 Å². The van der Waals surface area contributed by atoms with Crippen LogP contribution in [0, 0.1) is 0 Å². The van der Waals surface area contributed by atoms with E-state index in [2.05, 4.69) is 38.1 Å². The van der Waals surface area contributed by atoms with Crippen LogP contribution in [0.15, 0.2) is 48.5 Å². The molecule has 0 aliphatic carbocycles. The molecule has 36 heavy (non-hydrogen) atoms. The monoisotopic (exact) mass is 496 g/mol. The fourth-order valence-corrected chi connectivity index (χ4v) is 4.67. The van der Waals surface area contributed by atoms with Crippen molar-refractivity contribution in [3.8, 4) is 11.5 Å². The van der Waals surface area contributed by atoms with Crippen molar-refractivity contribution in [1.29, 1.82) is 0 Å². The lowest BCUT2D eigenvalue weighted by Gasteiger charge is -2.25. The molecule has 0 aliphatic rings. The van der Waals surface area contributed by atoms with Crippen LogP contribution in [0.25, 0.3) is 0 Å². The average Bonchev–Trinajstić information content (AvgIpc) is 2.89. The molecule has 1 atom stereocenters. The van der Waals surface area contributed by atoms with Crippen molar-refractivity contribution < 1.29 is 14.6 Å². The van der Waals surface area contributed by atoms with Gasteiger partial charge < -0.3 is 14.6 Å². The second kappa shape index (κ2) is 19.2. The Labute approximate surface area is 221 Å². The summed E-state index contributed by atoms with van der Waals surface area (Å²) in [6, 6.07) is 16.4. The number of aryl methyl sites for hydroxylation is 2. The number of aliphatic hydroxyl groups excluding tert-OH is 1. The Morgan fingerprint density at radius 1 is 0.556 bits per heavy atom. The largest absolute Gasteiger partial charge is 0.452 e. The predicted molar refractivity (Wildman–Crippen MR) is 153 cm³/mol. The molecule has 2 rings (SSSR count). The predicted octanol–water partition coefficient (Wildman–Crippen LogP) is 9.44. The fraction of sp³-hybridized carbons (Fsp3) is 0.636. The summed E-state index contributed by atoms with van der Waals surface area (Å²) in [4.78, 5) is 0. The highest BCUT2D eigenvalue weighted by atomic mass is 16.7. The maximum atomic E-state index is 10.5. The van der Waals surface area contributed by atoms with Crippen LogP contribution in [0.2, 0.25) is 0 Å². The van der Waals surface area contributed by atoms with Gasteiger partial charge in [0.1, 0.15) is 17.6 Å². The van der Waals surface area contributed by atoms with E-state index in [0.29, 0.717) is 0 Å². The Kier molecular flexibility index (Phi) is 16.1. The summed E-state index contributed by atoms with van der Waals surface area (Å²) in [5.41, 5.74) is 2.38. The first-order chi connectivity index (χ1) is 17.7. The van der Waals surface area contributed by atoms with Crippen LogP contribution >= 0.6 is 0 Å². The normalized spacial score (nSPS) is 12.1. The van der Waals surface area contributed by atoms with Gasteiger partial charge in [0.2, 0.25) is 0 Å². The van der Waals surface area contributed by atoms with Gasteiger partial charge in [0.05, 0.1) is 0 Å². The van der Waals surface area contributed by atoms with Gasteiger partial charge in [-0.1, -0.05) is 127 Å². The van der Waals surface area contributed by atoms with Crippen molar-refractivity contribution in [2.75, 3.05) is 0 Å². The van der Waals surface area contributed by atoms with Crippen LogP contribution in [0.4, 0.5) is 0 Å². The van der Waals surface area contributed by atoms with Crippen molar-refractivity contribution in [2.24, 2.45) is 0 Å². The molecule has 2 aromatic carbocycles. The van der Waals surface area contributed by atoms with Crippen LogP contribution < -0.4 is 9.47 Å². The molecule has 0 aliphatic heterocycles. The van der Waals surface area contributed by atoms with E-state index in [-0.39, 0.29) is 0 Å². The molecule has 2 aromatic rings. The Morgan fingerprint density at radius 2 is 0.917 bits per heavy atom. The summed E-state index contributed by atoms with van der Waals surface area (Å²) in [7, 11) is 0. The molecule has 0 fully saturated rings. The quantitative estimate of drug-likeness (QED) is 0.138. The van der Waals surface area contributed by atoms with E-state index in [1.807, 2.05) is 24.3 Å². The van der Waals surface area contributed by atoms with Gasteiger partial charge >= 0.3 is 0 Å². The van der Waals surface area contributed by atoms with Crippen molar-refractivity contribution in [1.82, 2.24) is 0 Å². The number of unbranched alkanes of at least 4 members (excludes halogenated alkanes) is 12. The third-order valence-electron chi connectivity index (χ3n) is 6.92. The van der Waals surface area contributed by atoms with Crippen LogP contribution in [-0.2, 0) is 12.8 Å². The topological polar surface area (TPSA) is 38.7 Å². The second-order valence-electron chi connectivity index (χ2n) is 10.3. The third kappa shape index (κ3) is 12.3. The average molecular weight is 497 g/mol. The maximum Gasteiger partial charge on any atom is 0.266 e. The highest BCUT2D eigenvalue weighted by molar-refractivity contribution is 5.35. The highest BCUT2D eigenvalue weighted by Crippen LogP contribution is 2.27. The molecule has 0 saturated heterocycles. The van der Waals surface area contributed by atoms with Crippen molar-refractivity contribution in [2.45, 2.75) is 136 Å². The first-order valence-electron chi connectivity index (χ1n) is 14.8. The third-order valence-corrected chi connectivity index (χ3v) is 6.92. The lowest BCUT2D eigenvalue weighted by atomic mass is 10.0. The zero-order valence-electron chi connectivity index (χ0n) is 23.4. The Bertz CT molecular complexity index is 738. The van der Waals surface area contributed by atoms with Gasteiger partial charge in [-0.3, -0.25) is 0 Å². The molecule has 0 bridgehead atoms. The summed E-state index contributed by atoms with van der Waals surface area (Å²) in [5, 5.41) is 10.5. The van der Waals surface area contributed by atoms with Gasteiger partial charge in [0.15, 0.2) is 0 Å². The van der Waals surface area contributed by atoms with E-state index < -0.39 is 12.4 Å². The zero-order chi connectivity index (χ0) is 25.8. The summed E-state index contributed by atoms with van der Waals surface area (Å²) >= 11 is 0. The smallest absolute Gasteiger partial charge is 0.266 e. The minimum absolute atomic E-state index is 0.740. The van der Waals surface area contributed by atoms with Crippen LogP contribution in [0.5, 0.6) is 11.5 Å². The van der Waals surface area contributed by atoms with Crippen LogP contribution in [0.1, 0.15) is 122 Å². The maximum absolute atomic E-state index is 10.5. The minimum Gasteiger partial charge on any atom is -0.452 e. The first kappa shape index (κ1) is 30.2. The number of hydrogen-bond acceptors (Lipinski definition) is 3. The number of benzene rings is 2. The molecule has 0 aromatic heterocycles. The molecule has 0 saturated carbocycles. The van der Waals surface area contributed by atoms with Gasteiger partial charge in [-0.25, -0.2) is 0 Å². The Hall–Kier alpha value is -2.00. The van der Waals surface area contributed by atoms with Crippen molar-refractivity contribution in [3.05, 3.63) is 59.7 Å². The van der Waals surface area contributed by atoms with Gasteiger partial charge in [0, 0.05) is 0 Å². The number of para-hydroxylation sites is 2. The molecule has 0 amide bonds. The molecule has 3 nitrogen and oxygen atoms in total. The Morgan fingerprint density at radius 3 is 1.31 bits per heavy atom. The highest BCUT2D eigenvalue weighted by Gasteiger charge is 2.21. The molecule has 202 valence electrons. The molecule has 1 N–H and O–H groups in total. The van der Waals surface area contributed by atoms with E-state index in [4.69, 9.17) is 9.47 Å². The summed E-state index contributed by atoms with van der Waals surface area (Å²) in [6.45, 7) is 6.26. The van der Waals surface area contributed by atoms with Gasteiger partial charge in [0.25, 0.3) is 6.29 Å².